The molecule has 0 saturated carbocycles. The lowest BCUT2D eigenvalue weighted by Crippen LogP contribution is -2.27. The van der Waals surface area contributed by atoms with E-state index in [1.807, 2.05) is 6.08 Å². The topological polar surface area (TPSA) is 117 Å². The number of nitrogens with two attached hydrogens (primary N) is 1. The van der Waals surface area contributed by atoms with Gasteiger partial charge in [-0.2, -0.15) is 0 Å². The monoisotopic (exact) mass is 754 g/mol. The Morgan fingerprint density at radius 1 is 0.596 bits per heavy atom. The first-order chi connectivity index (χ1) is 25.4. The van der Waals surface area contributed by atoms with Gasteiger partial charge in [0.25, 0.3) is 0 Å². The molecule has 8 nitrogen and oxygen atoms in total. The number of carbonyl (C=O) groups is 1. The van der Waals surface area contributed by atoms with Gasteiger partial charge >= 0.3 is 13.8 Å². The Balaban J connectivity index is 4.13. The SMILES string of the molecule is CCCCCC=CCC=CCCCCCCCCCC(=O)OC(COC=CCCCCCCC=CCCCCCCCC)COP(=O)(O)OCCN. The summed E-state index contributed by atoms with van der Waals surface area (Å²) in [6.45, 7) is 4.19. The minimum atomic E-state index is -4.30. The van der Waals surface area contributed by atoms with E-state index in [1.54, 1.807) is 6.26 Å². The molecule has 3 N–H and O–H groups in total. The molecular formula is C43H80NO7P. The van der Waals surface area contributed by atoms with E-state index in [1.165, 1.54) is 116 Å². The van der Waals surface area contributed by atoms with Crippen molar-refractivity contribution in [2.75, 3.05) is 26.4 Å². The van der Waals surface area contributed by atoms with Gasteiger partial charge in [-0.3, -0.25) is 13.8 Å². The summed E-state index contributed by atoms with van der Waals surface area (Å²) in [6.07, 6.45) is 47.9. The number of unbranched alkanes of at least 4 members (excludes halogenated alkanes) is 21. The summed E-state index contributed by atoms with van der Waals surface area (Å²) in [7, 11) is -4.30. The molecule has 0 aliphatic carbocycles. The van der Waals surface area contributed by atoms with Crippen LogP contribution in [0.25, 0.3) is 0 Å². The van der Waals surface area contributed by atoms with E-state index in [4.69, 9.17) is 24.3 Å². The second kappa shape index (κ2) is 40.5. The Hall–Kier alpha value is -1.70. The van der Waals surface area contributed by atoms with Gasteiger partial charge in [0.1, 0.15) is 6.61 Å². The first kappa shape index (κ1) is 50.3. The van der Waals surface area contributed by atoms with Crippen LogP contribution in [0.2, 0.25) is 0 Å². The van der Waals surface area contributed by atoms with E-state index in [0.717, 1.165) is 51.4 Å². The van der Waals surface area contributed by atoms with Gasteiger partial charge in [0.15, 0.2) is 6.10 Å². The maximum atomic E-state index is 12.6. The van der Waals surface area contributed by atoms with Crippen molar-refractivity contribution in [1.82, 2.24) is 0 Å². The van der Waals surface area contributed by atoms with Crippen molar-refractivity contribution in [2.45, 2.75) is 193 Å². The van der Waals surface area contributed by atoms with Crippen molar-refractivity contribution in [3.8, 4) is 0 Å². The smallest absolute Gasteiger partial charge is 0.472 e. The standard InChI is InChI=1S/C43H80NO7P/c1-3-5-7-9-11-13-15-17-19-21-22-24-26-28-30-32-34-36-43(45)51-42(41-50-52(46,47)49-39-37-44)40-48-38-35-33-31-29-27-25-23-20-18-16-14-12-10-8-6-4-2/h11,13,17-20,35,38,42H,3-10,12,14-16,21-34,36-37,39-41,44H2,1-2H3,(H,46,47). The number of ether oxygens (including phenoxy) is 2. The first-order valence-corrected chi connectivity index (χ1v) is 22.7. The Morgan fingerprint density at radius 2 is 1.04 bits per heavy atom. The molecule has 0 amide bonds. The predicted octanol–water partition coefficient (Wildman–Crippen LogP) is 12.8. The van der Waals surface area contributed by atoms with E-state index < -0.39 is 13.9 Å². The number of phosphoric ester groups is 1. The molecule has 0 fully saturated rings. The molecule has 304 valence electrons. The molecule has 0 aliphatic heterocycles. The highest BCUT2D eigenvalue weighted by Gasteiger charge is 2.25. The van der Waals surface area contributed by atoms with E-state index in [0.29, 0.717) is 6.42 Å². The van der Waals surface area contributed by atoms with Crippen LogP contribution in [0.4, 0.5) is 0 Å². The van der Waals surface area contributed by atoms with Crippen molar-refractivity contribution in [2.24, 2.45) is 5.73 Å². The minimum absolute atomic E-state index is 0.0230. The zero-order valence-electron chi connectivity index (χ0n) is 33.5. The van der Waals surface area contributed by atoms with Gasteiger partial charge in [-0.05, 0) is 83.1 Å². The van der Waals surface area contributed by atoms with E-state index in [9.17, 15) is 14.3 Å². The lowest BCUT2D eigenvalue weighted by molar-refractivity contribution is -0.153. The molecule has 2 atom stereocenters. The van der Waals surface area contributed by atoms with Crippen molar-refractivity contribution in [1.29, 1.82) is 0 Å². The fourth-order valence-electron chi connectivity index (χ4n) is 5.63. The second-order valence-corrected chi connectivity index (χ2v) is 15.4. The molecule has 0 saturated heterocycles. The number of allylic oxidation sites excluding steroid dienone is 7. The number of phosphoric acid groups is 1. The van der Waals surface area contributed by atoms with E-state index >= 15 is 0 Å². The Morgan fingerprint density at radius 3 is 1.58 bits per heavy atom. The molecule has 0 aromatic carbocycles. The highest BCUT2D eigenvalue weighted by molar-refractivity contribution is 7.47. The van der Waals surface area contributed by atoms with Crippen LogP contribution in [0.1, 0.15) is 187 Å². The maximum absolute atomic E-state index is 12.6. The van der Waals surface area contributed by atoms with E-state index in [-0.39, 0.29) is 32.3 Å². The van der Waals surface area contributed by atoms with Crippen LogP contribution in [0, 0.1) is 0 Å². The highest BCUT2D eigenvalue weighted by atomic mass is 31.2. The molecule has 0 aromatic rings. The fraction of sp³-hybridized carbons (Fsp3) is 0.791. The lowest BCUT2D eigenvalue weighted by Gasteiger charge is -2.19. The lowest BCUT2D eigenvalue weighted by atomic mass is 10.1. The predicted molar refractivity (Wildman–Crippen MR) is 219 cm³/mol. The van der Waals surface area contributed by atoms with Crippen LogP contribution in [0.15, 0.2) is 48.8 Å². The zero-order valence-corrected chi connectivity index (χ0v) is 34.4. The summed E-state index contributed by atoms with van der Waals surface area (Å²) in [5.41, 5.74) is 5.36. The summed E-state index contributed by atoms with van der Waals surface area (Å²) in [6, 6.07) is 0. The molecule has 52 heavy (non-hydrogen) atoms. The Kier molecular flexibility index (Phi) is 39.2. The van der Waals surface area contributed by atoms with Crippen LogP contribution in [0.5, 0.6) is 0 Å². The summed E-state index contributed by atoms with van der Waals surface area (Å²) >= 11 is 0. The van der Waals surface area contributed by atoms with Gasteiger partial charge in [-0.25, -0.2) is 4.57 Å². The minimum Gasteiger partial charge on any atom is -0.498 e. The van der Waals surface area contributed by atoms with Crippen LogP contribution in [-0.2, 0) is 27.9 Å². The normalized spacial score (nSPS) is 13.9. The van der Waals surface area contributed by atoms with E-state index in [2.05, 4.69) is 50.3 Å². The van der Waals surface area contributed by atoms with Gasteiger partial charge in [0.05, 0.1) is 19.5 Å². The van der Waals surface area contributed by atoms with Gasteiger partial charge in [0.2, 0.25) is 0 Å². The maximum Gasteiger partial charge on any atom is 0.472 e. The highest BCUT2D eigenvalue weighted by Crippen LogP contribution is 2.43. The summed E-state index contributed by atoms with van der Waals surface area (Å²) < 4.78 is 33.1. The van der Waals surface area contributed by atoms with Crippen molar-refractivity contribution in [3.63, 3.8) is 0 Å². The summed E-state index contributed by atoms with van der Waals surface area (Å²) in [4.78, 5) is 22.4. The van der Waals surface area contributed by atoms with Crippen LogP contribution < -0.4 is 5.73 Å². The summed E-state index contributed by atoms with van der Waals surface area (Å²) in [5, 5.41) is 0. The van der Waals surface area contributed by atoms with Crippen LogP contribution in [0.3, 0.4) is 0 Å². The van der Waals surface area contributed by atoms with Crippen LogP contribution >= 0.6 is 7.82 Å². The Labute approximate surface area is 320 Å². The third-order valence-corrected chi connectivity index (χ3v) is 9.77. The van der Waals surface area contributed by atoms with Crippen molar-refractivity contribution in [3.05, 3.63) is 48.8 Å². The van der Waals surface area contributed by atoms with Gasteiger partial charge < -0.3 is 20.1 Å². The van der Waals surface area contributed by atoms with Crippen LogP contribution in [-0.4, -0.2) is 43.3 Å². The molecule has 0 heterocycles. The molecule has 0 bridgehead atoms. The molecule has 0 aliphatic rings. The molecule has 0 radical (unpaired) electrons. The average Bonchev–Trinajstić information content (AvgIpc) is 3.13. The van der Waals surface area contributed by atoms with Gasteiger partial charge in [0, 0.05) is 13.0 Å². The molecule has 0 rings (SSSR count). The average molecular weight is 754 g/mol. The number of esters is 1. The number of hydrogen-bond acceptors (Lipinski definition) is 7. The largest absolute Gasteiger partial charge is 0.498 e. The van der Waals surface area contributed by atoms with Gasteiger partial charge in [-0.15, -0.1) is 0 Å². The second-order valence-electron chi connectivity index (χ2n) is 13.9. The molecule has 2 unspecified atom stereocenters. The van der Waals surface area contributed by atoms with Crippen molar-refractivity contribution >= 4 is 13.8 Å². The molecule has 0 aromatic heterocycles. The third-order valence-electron chi connectivity index (χ3n) is 8.78. The Bertz CT molecular complexity index is 936. The quantitative estimate of drug-likeness (QED) is 0.0209. The summed E-state index contributed by atoms with van der Waals surface area (Å²) in [5.74, 6) is -0.364. The fourth-order valence-corrected chi connectivity index (χ4v) is 6.40. The number of hydrogen-bond donors (Lipinski definition) is 2. The molecular weight excluding hydrogens is 673 g/mol. The molecule has 0 spiro atoms. The van der Waals surface area contributed by atoms with Crippen molar-refractivity contribution < 1.29 is 32.8 Å². The van der Waals surface area contributed by atoms with Gasteiger partial charge in [-0.1, -0.05) is 140 Å². The zero-order chi connectivity index (χ0) is 38.1. The number of rotatable bonds is 40. The molecule has 9 heteroatoms. The number of carbonyl (C=O) groups excluding carboxylic acids is 1. The third kappa shape index (κ3) is 39.5. The first-order valence-electron chi connectivity index (χ1n) is 21.2.